The van der Waals surface area contributed by atoms with Gasteiger partial charge >= 0.3 is 0 Å². The lowest BCUT2D eigenvalue weighted by Crippen LogP contribution is -2.14. The summed E-state index contributed by atoms with van der Waals surface area (Å²) in [5.74, 6) is 0.324. The molecule has 80 valence electrons. The van der Waals surface area contributed by atoms with Crippen LogP contribution in [0.5, 0.6) is 5.75 Å². The van der Waals surface area contributed by atoms with Gasteiger partial charge in [-0.3, -0.25) is 0 Å². The molecule has 0 spiro atoms. The largest absolute Gasteiger partial charge is 0.508 e. The summed E-state index contributed by atoms with van der Waals surface area (Å²) < 4.78 is 0. The van der Waals surface area contributed by atoms with E-state index < -0.39 is 0 Å². The molecule has 0 aliphatic rings. The first-order valence-electron chi connectivity index (χ1n) is 5.24. The standard InChI is InChI=1S/C10H15NO.C2H6/c1-3-10(11-2)8-4-6-9(12)7-5-8;1-2/h4-7,10-12H,3H2,1-2H3;1-2H3. The van der Waals surface area contributed by atoms with E-state index in [0.717, 1.165) is 6.42 Å². The van der Waals surface area contributed by atoms with Crippen molar-refractivity contribution >= 4 is 0 Å². The molecule has 1 unspecified atom stereocenters. The molecule has 2 nitrogen and oxygen atoms in total. The molecule has 0 aliphatic heterocycles. The van der Waals surface area contributed by atoms with Crippen molar-refractivity contribution < 1.29 is 5.11 Å². The Morgan fingerprint density at radius 3 is 2.07 bits per heavy atom. The number of rotatable bonds is 3. The van der Waals surface area contributed by atoms with E-state index >= 15 is 0 Å². The van der Waals surface area contributed by atoms with Gasteiger partial charge in [0.1, 0.15) is 5.75 Å². The normalized spacial score (nSPS) is 11.4. The smallest absolute Gasteiger partial charge is 0.115 e. The highest BCUT2D eigenvalue weighted by molar-refractivity contribution is 5.27. The van der Waals surface area contributed by atoms with Gasteiger partial charge in [-0.15, -0.1) is 0 Å². The number of aromatic hydroxyl groups is 1. The Labute approximate surface area is 87.0 Å². The van der Waals surface area contributed by atoms with Crippen molar-refractivity contribution in [2.45, 2.75) is 33.2 Å². The molecule has 0 bridgehead atoms. The van der Waals surface area contributed by atoms with E-state index in [-0.39, 0.29) is 0 Å². The second-order valence-corrected chi connectivity index (χ2v) is 2.84. The zero-order valence-electron chi connectivity index (χ0n) is 9.54. The molecule has 1 aromatic rings. The fourth-order valence-corrected chi connectivity index (χ4v) is 1.31. The minimum Gasteiger partial charge on any atom is -0.508 e. The minimum absolute atomic E-state index is 0.324. The molecule has 0 fully saturated rings. The number of hydrogen-bond acceptors (Lipinski definition) is 2. The molecule has 2 N–H and O–H groups in total. The second-order valence-electron chi connectivity index (χ2n) is 2.84. The molecule has 0 saturated heterocycles. The number of nitrogens with one attached hydrogen (secondary N) is 1. The molecule has 0 aliphatic carbocycles. The summed E-state index contributed by atoms with van der Waals surface area (Å²) in [7, 11) is 1.95. The average Bonchev–Trinajstić information content (AvgIpc) is 2.25. The van der Waals surface area contributed by atoms with Gasteiger partial charge in [0.05, 0.1) is 0 Å². The van der Waals surface area contributed by atoms with Crippen molar-refractivity contribution in [3.63, 3.8) is 0 Å². The lowest BCUT2D eigenvalue weighted by Gasteiger charge is -2.13. The molecule has 0 aromatic heterocycles. The van der Waals surface area contributed by atoms with Gasteiger partial charge < -0.3 is 10.4 Å². The summed E-state index contributed by atoms with van der Waals surface area (Å²) in [6, 6.07) is 7.72. The highest BCUT2D eigenvalue weighted by atomic mass is 16.3. The SMILES string of the molecule is CC.CCC(NC)c1ccc(O)cc1. The molecular formula is C12H21NO. The van der Waals surface area contributed by atoms with Crippen LogP contribution < -0.4 is 5.32 Å². The monoisotopic (exact) mass is 195 g/mol. The van der Waals surface area contributed by atoms with Gasteiger partial charge in [-0.2, -0.15) is 0 Å². The van der Waals surface area contributed by atoms with E-state index in [1.165, 1.54) is 5.56 Å². The Balaban J connectivity index is 0.000000791. The van der Waals surface area contributed by atoms with Crippen LogP contribution in [-0.4, -0.2) is 12.2 Å². The predicted octanol–water partition coefficient (Wildman–Crippen LogP) is 3.09. The van der Waals surface area contributed by atoms with Crippen LogP contribution in [0, 0.1) is 0 Å². The van der Waals surface area contributed by atoms with E-state index in [9.17, 15) is 0 Å². The summed E-state index contributed by atoms with van der Waals surface area (Å²) >= 11 is 0. The van der Waals surface area contributed by atoms with Crippen molar-refractivity contribution in [1.29, 1.82) is 0 Å². The highest BCUT2D eigenvalue weighted by Crippen LogP contribution is 2.18. The third kappa shape index (κ3) is 3.79. The molecule has 0 radical (unpaired) electrons. The molecular weight excluding hydrogens is 174 g/mol. The van der Waals surface area contributed by atoms with Crippen molar-refractivity contribution in [2.24, 2.45) is 0 Å². The Morgan fingerprint density at radius 2 is 1.71 bits per heavy atom. The van der Waals surface area contributed by atoms with Crippen molar-refractivity contribution in [1.82, 2.24) is 5.32 Å². The van der Waals surface area contributed by atoms with Crippen molar-refractivity contribution in [2.75, 3.05) is 7.05 Å². The summed E-state index contributed by atoms with van der Waals surface area (Å²) in [5.41, 5.74) is 1.22. The first kappa shape index (κ1) is 13.0. The van der Waals surface area contributed by atoms with Gasteiger partial charge in [0, 0.05) is 6.04 Å². The van der Waals surface area contributed by atoms with E-state index in [4.69, 9.17) is 5.11 Å². The number of phenols is 1. The third-order valence-electron chi connectivity index (χ3n) is 2.05. The fraction of sp³-hybridized carbons (Fsp3) is 0.500. The molecule has 2 heteroatoms. The topological polar surface area (TPSA) is 32.3 Å². The predicted molar refractivity (Wildman–Crippen MR) is 61.5 cm³/mol. The maximum absolute atomic E-state index is 9.06. The maximum Gasteiger partial charge on any atom is 0.115 e. The molecule has 0 saturated carbocycles. The Morgan fingerprint density at radius 1 is 1.21 bits per heavy atom. The lowest BCUT2D eigenvalue weighted by molar-refractivity contribution is 0.474. The molecule has 14 heavy (non-hydrogen) atoms. The van der Waals surface area contributed by atoms with Gasteiger partial charge in [-0.25, -0.2) is 0 Å². The summed E-state index contributed by atoms with van der Waals surface area (Å²) in [5, 5.41) is 12.3. The maximum atomic E-state index is 9.06. The van der Waals surface area contributed by atoms with Gasteiger partial charge in [0.2, 0.25) is 0 Å². The first-order valence-corrected chi connectivity index (χ1v) is 5.24. The van der Waals surface area contributed by atoms with Crippen LogP contribution in [0.3, 0.4) is 0 Å². The zero-order valence-corrected chi connectivity index (χ0v) is 9.54. The number of phenolic OH excluding ortho intramolecular Hbond substituents is 1. The average molecular weight is 195 g/mol. The Hall–Kier alpha value is -1.02. The molecule has 0 heterocycles. The number of benzene rings is 1. The van der Waals surface area contributed by atoms with E-state index in [1.54, 1.807) is 12.1 Å². The molecule has 0 amide bonds. The van der Waals surface area contributed by atoms with Crippen LogP contribution in [0.2, 0.25) is 0 Å². The first-order chi connectivity index (χ1) is 6.77. The quantitative estimate of drug-likeness (QED) is 0.776. The van der Waals surface area contributed by atoms with E-state index in [0.29, 0.717) is 11.8 Å². The number of hydrogen-bond donors (Lipinski definition) is 2. The van der Waals surface area contributed by atoms with Crippen LogP contribution in [0.1, 0.15) is 38.8 Å². The van der Waals surface area contributed by atoms with Crippen LogP contribution >= 0.6 is 0 Å². The summed E-state index contributed by atoms with van der Waals surface area (Å²) in [6.45, 7) is 6.13. The second kappa shape index (κ2) is 7.39. The molecule has 1 atom stereocenters. The van der Waals surface area contributed by atoms with Crippen LogP contribution in [0.25, 0.3) is 0 Å². The summed E-state index contributed by atoms with van der Waals surface area (Å²) in [6.07, 6.45) is 1.06. The Kier molecular flexibility index (Phi) is 6.85. The van der Waals surface area contributed by atoms with Crippen molar-refractivity contribution in [3.05, 3.63) is 29.8 Å². The van der Waals surface area contributed by atoms with Gasteiger partial charge in [-0.1, -0.05) is 32.9 Å². The van der Waals surface area contributed by atoms with Crippen molar-refractivity contribution in [3.8, 4) is 5.75 Å². The van der Waals surface area contributed by atoms with Gasteiger partial charge in [-0.05, 0) is 31.2 Å². The zero-order chi connectivity index (χ0) is 11.0. The summed E-state index contributed by atoms with van der Waals surface area (Å²) in [4.78, 5) is 0. The third-order valence-corrected chi connectivity index (χ3v) is 2.05. The van der Waals surface area contributed by atoms with Crippen LogP contribution in [0.15, 0.2) is 24.3 Å². The van der Waals surface area contributed by atoms with Crippen LogP contribution in [-0.2, 0) is 0 Å². The van der Waals surface area contributed by atoms with Gasteiger partial charge in [0.15, 0.2) is 0 Å². The lowest BCUT2D eigenvalue weighted by atomic mass is 10.1. The highest BCUT2D eigenvalue weighted by Gasteiger charge is 2.04. The van der Waals surface area contributed by atoms with Crippen LogP contribution in [0.4, 0.5) is 0 Å². The molecule has 1 rings (SSSR count). The molecule has 1 aromatic carbocycles. The van der Waals surface area contributed by atoms with Gasteiger partial charge in [0.25, 0.3) is 0 Å². The van der Waals surface area contributed by atoms with E-state index in [2.05, 4.69) is 12.2 Å². The minimum atomic E-state index is 0.324. The fourth-order valence-electron chi connectivity index (χ4n) is 1.31. The Bertz CT molecular complexity index is 227. The van der Waals surface area contributed by atoms with E-state index in [1.807, 2.05) is 33.0 Å².